The van der Waals surface area contributed by atoms with Gasteiger partial charge in [-0.15, -0.1) is 0 Å². The molecule has 0 aromatic carbocycles. The van der Waals surface area contributed by atoms with Crippen LogP contribution < -0.4 is 5.32 Å². The lowest BCUT2D eigenvalue weighted by Gasteiger charge is -2.02. The Labute approximate surface area is 82.9 Å². The van der Waals surface area contributed by atoms with E-state index in [0.717, 1.165) is 5.76 Å². The highest BCUT2D eigenvalue weighted by molar-refractivity contribution is 5.75. The average Bonchev–Trinajstić information content (AvgIpc) is 2.68. The standard InChI is InChI=1S/C10H15NO3/c12-7-2-6-11-10(13)5-4-9-3-1-8-14-9/h1,3,8,12H,2,4-7H2,(H,11,13). The molecule has 0 unspecified atom stereocenters. The number of amides is 1. The molecule has 0 atom stereocenters. The van der Waals surface area contributed by atoms with Crippen molar-refractivity contribution in [2.45, 2.75) is 19.3 Å². The van der Waals surface area contributed by atoms with Crippen molar-refractivity contribution in [3.05, 3.63) is 24.2 Å². The third kappa shape index (κ3) is 4.09. The second-order valence-corrected chi connectivity index (χ2v) is 3.01. The number of nitrogens with one attached hydrogen (secondary N) is 1. The molecule has 0 aliphatic heterocycles. The molecule has 1 aromatic heterocycles. The van der Waals surface area contributed by atoms with Crippen molar-refractivity contribution >= 4 is 5.91 Å². The summed E-state index contributed by atoms with van der Waals surface area (Å²) in [4.78, 5) is 11.2. The number of carbonyl (C=O) groups excluding carboxylic acids is 1. The number of hydrogen-bond acceptors (Lipinski definition) is 3. The van der Waals surface area contributed by atoms with E-state index in [1.807, 2.05) is 6.07 Å². The minimum atomic E-state index is -0.00477. The van der Waals surface area contributed by atoms with Crippen molar-refractivity contribution in [3.63, 3.8) is 0 Å². The molecule has 0 radical (unpaired) electrons. The molecule has 1 rings (SSSR count). The third-order valence-corrected chi connectivity index (χ3v) is 1.84. The molecule has 4 nitrogen and oxygen atoms in total. The van der Waals surface area contributed by atoms with Crippen LogP contribution in [0.15, 0.2) is 22.8 Å². The number of furan rings is 1. The summed E-state index contributed by atoms with van der Waals surface area (Å²) in [5.41, 5.74) is 0. The van der Waals surface area contributed by atoms with E-state index in [9.17, 15) is 4.79 Å². The zero-order chi connectivity index (χ0) is 10.2. The van der Waals surface area contributed by atoms with Crippen LogP contribution in [0.4, 0.5) is 0 Å². The zero-order valence-corrected chi connectivity index (χ0v) is 8.03. The van der Waals surface area contributed by atoms with Crippen molar-refractivity contribution in [2.24, 2.45) is 0 Å². The Kier molecular flexibility index (Phi) is 4.78. The molecule has 0 aliphatic rings. The highest BCUT2D eigenvalue weighted by Gasteiger charge is 2.02. The van der Waals surface area contributed by atoms with E-state index < -0.39 is 0 Å². The Morgan fingerprint density at radius 3 is 3.07 bits per heavy atom. The molecular weight excluding hydrogens is 182 g/mol. The Balaban J connectivity index is 2.09. The largest absolute Gasteiger partial charge is 0.469 e. The second kappa shape index (κ2) is 6.21. The maximum Gasteiger partial charge on any atom is 0.220 e. The number of aliphatic hydroxyl groups is 1. The van der Waals surface area contributed by atoms with Crippen LogP contribution >= 0.6 is 0 Å². The molecule has 0 fully saturated rings. The fraction of sp³-hybridized carbons (Fsp3) is 0.500. The maximum absolute atomic E-state index is 11.2. The fourth-order valence-electron chi connectivity index (χ4n) is 1.09. The normalized spacial score (nSPS) is 10.1. The molecule has 0 spiro atoms. The van der Waals surface area contributed by atoms with Gasteiger partial charge in [-0.3, -0.25) is 4.79 Å². The first-order valence-electron chi connectivity index (χ1n) is 4.73. The second-order valence-electron chi connectivity index (χ2n) is 3.01. The number of hydrogen-bond donors (Lipinski definition) is 2. The van der Waals surface area contributed by atoms with Crippen molar-refractivity contribution in [1.82, 2.24) is 5.32 Å². The lowest BCUT2D eigenvalue weighted by molar-refractivity contribution is -0.121. The number of carbonyl (C=O) groups is 1. The van der Waals surface area contributed by atoms with Crippen LogP contribution in [0.3, 0.4) is 0 Å². The van der Waals surface area contributed by atoms with E-state index in [1.54, 1.807) is 12.3 Å². The van der Waals surface area contributed by atoms with Crippen LogP contribution in [-0.4, -0.2) is 24.2 Å². The number of aryl methyl sites for hydroxylation is 1. The van der Waals surface area contributed by atoms with Crippen LogP contribution in [0.25, 0.3) is 0 Å². The molecule has 0 aliphatic carbocycles. The van der Waals surface area contributed by atoms with Gasteiger partial charge in [0.05, 0.1) is 6.26 Å². The van der Waals surface area contributed by atoms with Gasteiger partial charge in [0.25, 0.3) is 0 Å². The Morgan fingerprint density at radius 2 is 2.43 bits per heavy atom. The van der Waals surface area contributed by atoms with Crippen molar-refractivity contribution < 1.29 is 14.3 Å². The third-order valence-electron chi connectivity index (χ3n) is 1.84. The molecule has 2 N–H and O–H groups in total. The van der Waals surface area contributed by atoms with Gasteiger partial charge in [-0.25, -0.2) is 0 Å². The highest BCUT2D eigenvalue weighted by atomic mass is 16.3. The lowest BCUT2D eigenvalue weighted by Crippen LogP contribution is -2.25. The highest BCUT2D eigenvalue weighted by Crippen LogP contribution is 2.02. The van der Waals surface area contributed by atoms with E-state index in [-0.39, 0.29) is 12.5 Å². The summed E-state index contributed by atoms with van der Waals surface area (Å²) in [7, 11) is 0. The van der Waals surface area contributed by atoms with Gasteiger partial charge < -0.3 is 14.8 Å². The monoisotopic (exact) mass is 197 g/mol. The topological polar surface area (TPSA) is 62.5 Å². The predicted molar refractivity (Wildman–Crippen MR) is 51.7 cm³/mol. The quantitative estimate of drug-likeness (QED) is 0.660. The first-order valence-corrected chi connectivity index (χ1v) is 4.73. The molecular formula is C10H15NO3. The van der Waals surface area contributed by atoms with Gasteiger partial charge >= 0.3 is 0 Å². The first kappa shape index (κ1) is 10.8. The SMILES string of the molecule is O=C(CCc1ccco1)NCCCO. The van der Waals surface area contributed by atoms with E-state index in [4.69, 9.17) is 9.52 Å². The van der Waals surface area contributed by atoms with Gasteiger partial charge in [0.1, 0.15) is 5.76 Å². The summed E-state index contributed by atoms with van der Waals surface area (Å²) < 4.78 is 5.09. The molecule has 4 heteroatoms. The van der Waals surface area contributed by atoms with Gasteiger partial charge in [-0.05, 0) is 18.6 Å². The molecule has 14 heavy (non-hydrogen) atoms. The summed E-state index contributed by atoms with van der Waals surface area (Å²) in [6.45, 7) is 0.645. The average molecular weight is 197 g/mol. The summed E-state index contributed by atoms with van der Waals surface area (Å²) in [5.74, 6) is 0.817. The molecule has 0 saturated heterocycles. The molecule has 1 amide bonds. The number of aliphatic hydroxyl groups excluding tert-OH is 1. The Morgan fingerprint density at radius 1 is 1.57 bits per heavy atom. The van der Waals surface area contributed by atoms with Gasteiger partial charge in [0.15, 0.2) is 0 Å². The first-order chi connectivity index (χ1) is 6.83. The Bertz CT molecular complexity index is 256. The van der Waals surface area contributed by atoms with Crippen molar-refractivity contribution in [2.75, 3.05) is 13.2 Å². The van der Waals surface area contributed by atoms with Gasteiger partial charge in [0, 0.05) is 26.0 Å². The molecule has 0 bridgehead atoms. The molecule has 78 valence electrons. The maximum atomic E-state index is 11.2. The number of rotatable bonds is 6. The zero-order valence-electron chi connectivity index (χ0n) is 8.03. The minimum Gasteiger partial charge on any atom is -0.469 e. The van der Waals surface area contributed by atoms with E-state index in [1.165, 1.54) is 0 Å². The van der Waals surface area contributed by atoms with E-state index in [0.29, 0.717) is 25.8 Å². The van der Waals surface area contributed by atoms with Crippen LogP contribution in [0.5, 0.6) is 0 Å². The lowest BCUT2D eigenvalue weighted by atomic mass is 10.2. The van der Waals surface area contributed by atoms with Crippen LogP contribution in [0, 0.1) is 0 Å². The molecule has 1 aromatic rings. The Hall–Kier alpha value is -1.29. The van der Waals surface area contributed by atoms with Crippen LogP contribution in [-0.2, 0) is 11.2 Å². The van der Waals surface area contributed by atoms with Crippen LogP contribution in [0.2, 0.25) is 0 Å². The van der Waals surface area contributed by atoms with Crippen LogP contribution in [0.1, 0.15) is 18.6 Å². The summed E-state index contributed by atoms with van der Waals surface area (Å²) >= 11 is 0. The van der Waals surface area contributed by atoms with Gasteiger partial charge in [-0.1, -0.05) is 0 Å². The smallest absolute Gasteiger partial charge is 0.220 e. The van der Waals surface area contributed by atoms with E-state index >= 15 is 0 Å². The fourth-order valence-corrected chi connectivity index (χ4v) is 1.09. The predicted octanol–water partition coefficient (Wildman–Crippen LogP) is 0.711. The van der Waals surface area contributed by atoms with Crippen molar-refractivity contribution in [1.29, 1.82) is 0 Å². The summed E-state index contributed by atoms with van der Waals surface area (Å²) in [5, 5.41) is 11.2. The van der Waals surface area contributed by atoms with Gasteiger partial charge in [0.2, 0.25) is 5.91 Å². The molecule has 0 saturated carbocycles. The minimum absolute atomic E-state index is 0.00477. The van der Waals surface area contributed by atoms with Gasteiger partial charge in [-0.2, -0.15) is 0 Å². The van der Waals surface area contributed by atoms with E-state index in [2.05, 4.69) is 5.32 Å². The summed E-state index contributed by atoms with van der Waals surface area (Å²) in [6, 6.07) is 3.65. The summed E-state index contributed by atoms with van der Waals surface area (Å²) in [6.07, 6.45) is 3.25. The molecule has 1 heterocycles. The van der Waals surface area contributed by atoms with Crippen molar-refractivity contribution in [3.8, 4) is 0 Å².